The topological polar surface area (TPSA) is 35.2 Å². The van der Waals surface area contributed by atoms with Crippen LogP contribution in [-0.4, -0.2) is 13.2 Å². The molecule has 0 heterocycles. The molecule has 2 N–H and O–H groups in total. The Morgan fingerprint density at radius 2 is 2.15 bits per heavy atom. The largest absolute Gasteiger partial charge is 0.488 e. The molecule has 0 aliphatic carbocycles. The van der Waals surface area contributed by atoms with E-state index in [0.717, 1.165) is 0 Å². The average molecular weight is 226 g/mol. The van der Waals surface area contributed by atoms with Crippen LogP contribution in [0.15, 0.2) is 18.2 Å². The number of hydrogen-bond acceptors (Lipinski definition) is 2. The van der Waals surface area contributed by atoms with Gasteiger partial charge in [-0.05, 0) is 12.1 Å². The number of benzene rings is 1. The van der Waals surface area contributed by atoms with Crippen molar-refractivity contribution < 1.29 is 9.13 Å². The van der Waals surface area contributed by atoms with E-state index in [9.17, 15) is 4.39 Å². The zero-order valence-corrected chi connectivity index (χ0v) is 8.37. The second-order valence-electron chi connectivity index (χ2n) is 2.19. The third-order valence-corrected chi connectivity index (χ3v) is 1.58. The average Bonchev–Trinajstić information content (AvgIpc) is 2.04. The van der Waals surface area contributed by atoms with Gasteiger partial charge in [0.05, 0.1) is 5.02 Å². The van der Waals surface area contributed by atoms with E-state index >= 15 is 0 Å². The molecule has 0 radical (unpaired) electrons. The summed E-state index contributed by atoms with van der Waals surface area (Å²) in [5.74, 6) is -0.388. The van der Waals surface area contributed by atoms with Crippen molar-refractivity contribution in [1.82, 2.24) is 0 Å². The summed E-state index contributed by atoms with van der Waals surface area (Å²) in [5, 5.41) is 0.267. The summed E-state index contributed by atoms with van der Waals surface area (Å²) in [5.41, 5.74) is 5.19. The summed E-state index contributed by atoms with van der Waals surface area (Å²) in [4.78, 5) is 0. The lowest BCUT2D eigenvalue weighted by molar-refractivity contribution is 0.311. The van der Waals surface area contributed by atoms with Gasteiger partial charge in [0.1, 0.15) is 6.61 Å². The molecule has 0 amide bonds. The van der Waals surface area contributed by atoms with Crippen molar-refractivity contribution in [3.63, 3.8) is 0 Å². The molecule has 0 spiro atoms. The fourth-order valence-electron chi connectivity index (χ4n) is 0.781. The Morgan fingerprint density at radius 3 is 2.69 bits per heavy atom. The van der Waals surface area contributed by atoms with E-state index < -0.39 is 5.82 Å². The molecule has 0 bridgehead atoms. The quantitative estimate of drug-likeness (QED) is 0.857. The van der Waals surface area contributed by atoms with Gasteiger partial charge in [0.15, 0.2) is 11.6 Å². The van der Waals surface area contributed by atoms with Crippen molar-refractivity contribution in [1.29, 1.82) is 0 Å². The van der Waals surface area contributed by atoms with Crippen molar-refractivity contribution in [3.8, 4) is 5.75 Å². The maximum atomic E-state index is 12.9. The first-order chi connectivity index (χ1) is 5.75. The highest BCUT2D eigenvalue weighted by atomic mass is 35.5. The monoisotopic (exact) mass is 225 g/mol. The van der Waals surface area contributed by atoms with Crippen LogP contribution in [0, 0.1) is 5.82 Å². The fraction of sp³-hybridized carbons (Fsp3) is 0.250. The van der Waals surface area contributed by atoms with Gasteiger partial charge in [-0.2, -0.15) is 0 Å². The van der Waals surface area contributed by atoms with Crippen LogP contribution in [0.3, 0.4) is 0 Å². The van der Waals surface area contributed by atoms with Crippen molar-refractivity contribution in [3.05, 3.63) is 29.0 Å². The maximum absolute atomic E-state index is 12.9. The van der Waals surface area contributed by atoms with Crippen LogP contribution < -0.4 is 10.5 Å². The third kappa shape index (κ3) is 3.38. The summed E-state index contributed by atoms with van der Waals surface area (Å²) in [6.45, 7) is 0.602. The minimum atomic E-state index is -0.462. The molecule has 0 saturated heterocycles. The minimum absolute atomic E-state index is 0. The van der Waals surface area contributed by atoms with E-state index in [1.807, 2.05) is 0 Å². The van der Waals surface area contributed by atoms with Gasteiger partial charge in [0, 0.05) is 6.54 Å². The molecule has 0 saturated carbocycles. The van der Waals surface area contributed by atoms with E-state index in [1.165, 1.54) is 12.1 Å². The first kappa shape index (κ1) is 12.5. The van der Waals surface area contributed by atoms with Crippen molar-refractivity contribution in [2.45, 2.75) is 0 Å². The molecule has 0 unspecified atom stereocenters. The van der Waals surface area contributed by atoms with Crippen molar-refractivity contribution in [2.75, 3.05) is 13.2 Å². The Kier molecular flexibility index (Phi) is 5.79. The lowest BCUT2D eigenvalue weighted by atomic mass is 10.3. The third-order valence-electron chi connectivity index (χ3n) is 1.28. The highest BCUT2D eigenvalue weighted by Gasteiger charge is 2.06. The van der Waals surface area contributed by atoms with Gasteiger partial charge >= 0.3 is 0 Å². The molecule has 0 aliphatic heterocycles. The zero-order valence-electron chi connectivity index (χ0n) is 6.80. The van der Waals surface area contributed by atoms with Crippen LogP contribution in [0.25, 0.3) is 0 Å². The highest BCUT2D eigenvalue weighted by Crippen LogP contribution is 2.26. The molecule has 5 heteroatoms. The molecule has 1 aromatic carbocycles. The Hall–Kier alpha value is -0.510. The SMILES string of the molecule is Cl.NCCOc1c(F)cccc1Cl. The molecule has 0 aliphatic rings. The number of halogens is 3. The molecular formula is C8H10Cl2FNO. The molecule has 1 rings (SSSR count). The molecule has 74 valence electrons. The predicted octanol–water partition coefficient (Wildman–Crippen LogP) is 2.24. The van der Waals surface area contributed by atoms with Crippen LogP contribution in [0.1, 0.15) is 0 Å². The number of rotatable bonds is 3. The summed E-state index contributed by atoms with van der Waals surface area (Å²) < 4.78 is 17.9. The van der Waals surface area contributed by atoms with E-state index in [-0.39, 0.29) is 29.8 Å². The van der Waals surface area contributed by atoms with E-state index in [2.05, 4.69) is 0 Å². The van der Waals surface area contributed by atoms with E-state index in [0.29, 0.717) is 6.54 Å². The first-order valence-electron chi connectivity index (χ1n) is 3.52. The van der Waals surface area contributed by atoms with Crippen LogP contribution in [0.2, 0.25) is 5.02 Å². The second kappa shape index (κ2) is 6.02. The summed E-state index contributed by atoms with van der Waals surface area (Å²) >= 11 is 5.66. The predicted molar refractivity (Wildman–Crippen MR) is 53.2 cm³/mol. The molecular weight excluding hydrogens is 216 g/mol. The summed E-state index contributed by atoms with van der Waals surface area (Å²) in [7, 11) is 0. The Morgan fingerprint density at radius 1 is 1.46 bits per heavy atom. The summed E-state index contributed by atoms with van der Waals surface area (Å²) in [6.07, 6.45) is 0. The van der Waals surface area contributed by atoms with E-state index in [1.54, 1.807) is 6.07 Å². The van der Waals surface area contributed by atoms with Crippen LogP contribution in [0.4, 0.5) is 4.39 Å². The number of ether oxygens (including phenoxy) is 1. The number of para-hydroxylation sites is 1. The van der Waals surface area contributed by atoms with Gasteiger partial charge in [-0.3, -0.25) is 0 Å². The maximum Gasteiger partial charge on any atom is 0.173 e. The van der Waals surface area contributed by atoms with Gasteiger partial charge in [0.2, 0.25) is 0 Å². The minimum Gasteiger partial charge on any atom is -0.488 e. The zero-order chi connectivity index (χ0) is 8.97. The van der Waals surface area contributed by atoms with Crippen molar-refractivity contribution >= 4 is 24.0 Å². The van der Waals surface area contributed by atoms with Gasteiger partial charge in [0.25, 0.3) is 0 Å². The normalized spacial score (nSPS) is 9.15. The smallest absolute Gasteiger partial charge is 0.173 e. The van der Waals surface area contributed by atoms with Crippen molar-refractivity contribution in [2.24, 2.45) is 5.73 Å². The Bertz CT molecular complexity index is 250. The summed E-state index contributed by atoms with van der Waals surface area (Å²) in [6, 6.07) is 4.38. The Labute approximate surface area is 87.2 Å². The van der Waals surface area contributed by atoms with Crippen LogP contribution in [0.5, 0.6) is 5.75 Å². The number of nitrogens with two attached hydrogens (primary N) is 1. The molecule has 1 aromatic rings. The van der Waals surface area contributed by atoms with Gasteiger partial charge in [-0.1, -0.05) is 17.7 Å². The lowest BCUT2D eigenvalue weighted by Gasteiger charge is -2.06. The fourth-order valence-corrected chi connectivity index (χ4v) is 0.999. The number of hydrogen-bond donors (Lipinski definition) is 1. The second-order valence-corrected chi connectivity index (χ2v) is 2.60. The highest BCUT2D eigenvalue weighted by molar-refractivity contribution is 6.32. The van der Waals surface area contributed by atoms with Gasteiger partial charge in [-0.15, -0.1) is 12.4 Å². The van der Waals surface area contributed by atoms with Crippen LogP contribution >= 0.6 is 24.0 Å². The van der Waals surface area contributed by atoms with E-state index in [4.69, 9.17) is 22.1 Å². The molecule has 0 aromatic heterocycles. The van der Waals surface area contributed by atoms with Gasteiger partial charge < -0.3 is 10.5 Å². The lowest BCUT2D eigenvalue weighted by Crippen LogP contribution is -2.11. The van der Waals surface area contributed by atoms with Crippen LogP contribution in [-0.2, 0) is 0 Å². The molecule has 0 atom stereocenters. The first-order valence-corrected chi connectivity index (χ1v) is 3.90. The van der Waals surface area contributed by atoms with Gasteiger partial charge in [-0.25, -0.2) is 4.39 Å². The molecule has 13 heavy (non-hydrogen) atoms. The molecule has 2 nitrogen and oxygen atoms in total. The Balaban J connectivity index is 0.00000144. The standard InChI is InChI=1S/C8H9ClFNO.ClH/c9-6-2-1-3-7(10)8(6)12-5-4-11;/h1-3H,4-5,11H2;1H. The molecule has 0 fully saturated rings.